The summed E-state index contributed by atoms with van der Waals surface area (Å²) in [4.78, 5) is 0. The van der Waals surface area contributed by atoms with Crippen molar-refractivity contribution in [2.75, 3.05) is 7.11 Å². The molecular weight excluding hydrogens is 364 g/mol. The third-order valence-corrected chi connectivity index (χ3v) is 4.39. The van der Waals surface area contributed by atoms with E-state index in [0.717, 1.165) is 46.1 Å². The maximum atomic E-state index is 9.91. The van der Waals surface area contributed by atoms with Crippen LogP contribution in [0, 0.1) is 0 Å². The minimum absolute atomic E-state index is 0.115. The first kappa shape index (κ1) is 14.2. The van der Waals surface area contributed by atoms with Crippen molar-refractivity contribution in [3.05, 3.63) is 21.1 Å². The molecule has 0 aromatic heterocycles. The predicted molar refractivity (Wildman–Crippen MR) is 77.3 cm³/mol. The molecule has 0 aliphatic heterocycles. The molecule has 1 aromatic rings. The Bertz CT molecular complexity index is 423. The molecule has 3 nitrogen and oxygen atoms in total. The largest absolute Gasteiger partial charge is 0.496 e. The van der Waals surface area contributed by atoms with Gasteiger partial charge < -0.3 is 14.6 Å². The molecule has 0 unspecified atom stereocenters. The molecule has 1 aliphatic rings. The van der Waals surface area contributed by atoms with Crippen molar-refractivity contribution in [2.24, 2.45) is 0 Å². The minimum Gasteiger partial charge on any atom is -0.496 e. The van der Waals surface area contributed by atoms with E-state index in [1.807, 2.05) is 12.1 Å². The Morgan fingerprint density at radius 1 is 1.11 bits per heavy atom. The molecule has 1 aliphatic carbocycles. The lowest BCUT2D eigenvalue weighted by Gasteiger charge is -2.28. The van der Waals surface area contributed by atoms with Crippen LogP contribution in [0.4, 0.5) is 0 Å². The van der Waals surface area contributed by atoms with E-state index in [4.69, 9.17) is 9.47 Å². The second-order valence-corrected chi connectivity index (χ2v) is 6.13. The standard InChI is InChI=1S/C13H16Br2O3/c1-17-12-6-9(15)13(7-8(12)14)18-11-5-3-2-4-10(11)16/h6-7,10-11,16H,2-5H2,1H3/t10-,11-/m1/s1. The molecule has 5 heteroatoms. The van der Waals surface area contributed by atoms with Crippen LogP contribution in [-0.4, -0.2) is 24.4 Å². The highest BCUT2D eigenvalue weighted by Gasteiger charge is 2.25. The Morgan fingerprint density at radius 3 is 2.39 bits per heavy atom. The molecule has 0 bridgehead atoms. The van der Waals surface area contributed by atoms with Gasteiger partial charge in [-0.1, -0.05) is 6.42 Å². The van der Waals surface area contributed by atoms with E-state index in [9.17, 15) is 5.11 Å². The summed E-state index contributed by atoms with van der Waals surface area (Å²) < 4.78 is 12.8. The Hall–Kier alpha value is -0.260. The number of methoxy groups -OCH3 is 1. The quantitative estimate of drug-likeness (QED) is 0.865. The molecule has 1 saturated carbocycles. The van der Waals surface area contributed by atoms with Crippen molar-refractivity contribution >= 4 is 31.9 Å². The number of aliphatic hydroxyl groups is 1. The first-order valence-electron chi connectivity index (χ1n) is 5.99. The third-order valence-electron chi connectivity index (χ3n) is 3.15. The van der Waals surface area contributed by atoms with Crippen LogP contribution in [0.15, 0.2) is 21.1 Å². The van der Waals surface area contributed by atoms with Crippen molar-refractivity contribution in [1.82, 2.24) is 0 Å². The predicted octanol–water partition coefficient (Wildman–Crippen LogP) is 3.90. The molecule has 1 aromatic carbocycles. The van der Waals surface area contributed by atoms with Crippen LogP contribution < -0.4 is 9.47 Å². The van der Waals surface area contributed by atoms with Crippen molar-refractivity contribution in [2.45, 2.75) is 37.9 Å². The van der Waals surface area contributed by atoms with E-state index in [-0.39, 0.29) is 12.2 Å². The molecular formula is C13H16Br2O3. The van der Waals surface area contributed by atoms with Crippen molar-refractivity contribution in [3.8, 4) is 11.5 Å². The number of ether oxygens (including phenoxy) is 2. The fourth-order valence-electron chi connectivity index (χ4n) is 2.13. The molecule has 18 heavy (non-hydrogen) atoms. The fourth-order valence-corrected chi connectivity index (χ4v) is 3.03. The highest BCUT2D eigenvalue weighted by molar-refractivity contribution is 9.11. The Balaban J connectivity index is 2.15. The number of aliphatic hydroxyl groups excluding tert-OH is 1. The molecule has 0 radical (unpaired) electrons. The third kappa shape index (κ3) is 3.19. The van der Waals surface area contributed by atoms with E-state index in [1.165, 1.54) is 0 Å². The average molecular weight is 380 g/mol. The van der Waals surface area contributed by atoms with Crippen molar-refractivity contribution in [3.63, 3.8) is 0 Å². The monoisotopic (exact) mass is 378 g/mol. The molecule has 2 atom stereocenters. The molecule has 0 amide bonds. The van der Waals surface area contributed by atoms with Crippen LogP contribution in [0.1, 0.15) is 25.7 Å². The first-order valence-corrected chi connectivity index (χ1v) is 7.58. The summed E-state index contributed by atoms with van der Waals surface area (Å²) in [5.41, 5.74) is 0. The summed E-state index contributed by atoms with van der Waals surface area (Å²) in [6, 6.07) is 3.72. The Kier molecular flexibility index (Phi) is 4.92. The number of halogens is 2. The van der Waals surface area contributed by atoms with Crippen LogP contribution in [0.5, 0.6) is 11.5 Å². The van der Waals surface area contributed by atoms with Crippen molar-refractivity contribution < 1.29 is 14.6 Å². The highest BCUT2D eigenvalue weighted by Crippen LogP contribution is 2.37. The summed E-state index contributed by atoms with van der Waals surface area (Å²) in [6.45, 7) is 0. The van der Waals surface area contributed by atoms with E-state index in [0.29, 0.717) is 0 Å². The lowest BCUT2D eigenvalue weighted by molar-refractivity contribution is 0.00643. The number of hydrogen-bond donors (Lipinski definition) is 1. The second kappa shape index (κ2) is 6.26. The maximum Gasteiger partial charge on any atom is 0.135 e. The minimum atomic E-state index is -0.369. The second-order valence-electron chi connectivity index (χ2n) is 4.43. The number of benzene rings is 1. The smallest absolute Gasteiger partial charge is 0.135 e. The highest BCUT2D eigenvalue weighted by atomic mass is 79.9. The van der Waals surface area contributed by atoms with Gasteiger partial charge >= 0.3 is 0 Å². The van der Waals surface area contributed by atoms with Crippen LogP contribution in [-0.2, 0) is 0 Å². The van der Waals surface area contributed by atoms with Gasteiger partial charge in [0.15, 0.2) is 0 Å². The molecule has 2 rings (SSSR count). The SMILES string of the molecule is COc1cc(Br)c(O[C@@H]2CCCC[C@H]2O)cc1Br. The van der Waals surface area contributed by atoms with Gasteiger partial charge in [-0.15, -0.1) is 0 Å². The van der Waals surface area contributed by atoms with Gasteiger partial charge in [-0.25, -0.2) is 0 Å². The Labute approximate surface area is 124 Å². The van der Waals surface area contributed by atoms with Gasteiger partial charge in [0.1, 0.15) is 17.6 Å². The van der Waals surface area contributed by atoms with Gasteiger partial charge in [-0.05, 0) is 63.3 Å². The van der Waals surface area contributed by atoms with Crippen LogP contribution in [0.25, 0.3) is 0 Å². The molecule has 1 N–H and O–H groups in total. The van der Waals surface area contributed by atoms with Gasteiger partial charge in [-0.3, -0.25) is 0 Å². The fraction of sp³-hybridized carbons (Fsp3) is 0.538. The van der Waals surface area contributed by atoms with E-state index in [2.05, 4.69) is 31.9 Å². The normalized spacial score (nSPS) is 23.8. The average Bonchev–Trinajstić information content (AvgIpc) is 2.36. The summed E-state index contributed by atoms with van der Waals surface area (Å²) >= 11 is 6.89. The summed E-state index contributed by atoms with van der Waals surface area (Å²) in [7, 11) is 1.62. The van der Waals surface area contributed by atoms with Gasteiger partial charge in [0.25, 0.3) is 0 Å². The zero-order valence-electron chi connectivity index (χ0n) is 10.2. The first-order chi connectivity index (χ1) is 8.61. The Morgan fingerprint density at radius 2 is 1.72 bits per heavy atom. The van der Waals surface area contributed by atoms with Gasteiger partial charge in [-0.2, -0.15) is 0 Å². The van der Waals surface area contributed by atoms with Gasteiger partial charge in [0.2, 0.25) is 0 Å². The van der Waals surface area contributed by atoms with Crippen LogP contribution in [0.3, 0.4) is 0 Å². The number of hydrogen-bond acceptors (Lipinski definition) is 3. The van der Waals surface area contributed by atoms with E-state index >= 15 is 0 Å². The van der Waals surface area contributed by atoms with Gasteiger partial charge in [0.05, 0.1) is 22.2 Å². The lowest BCUT2D eigenvalue weighted by atomic mass is 9.95. The zero-order valence-corrected chi connectivity index (χ0v) is 13.3. The van der Waals surface area contributed by atoms with Gasteiger partial charge in [0, 0.05) is 0 Å². The zero-order chi connectivity index (χ0) is 13.1. The summed E-state index contributed by atoms with van der Waals surface area (Å²) in [6.07, 6.45) is 3.42. The van der Waals surface area contributed by atoms with E-state index in [1.54, 1.807) is 7.11 Å². The van der Waals surface area contributed by atoms with E-state index < -0.39 is 0 Å². The molecule has 100 valence electrons. The van der Waals surface area contributed by atoms with Crippen LogP contribution in [0.2, 0.25) is 0 Å². The lowest BCUT2D eigenvalue weighted by Crippen LogP contribution is -2.34. The van der Waals surface area contributed by atoms with Crippen molar-refractivity contribution in [1.29, 1.82) is 0 Å². The molecule has 0 saturated heterocycles. The maximum absolute atomic E-state index is 9.91. The molecule has 0 spiro atoms. The molecule has 1 fully saturated rings. The number of rotatable bonds is 3. The van der Waals surface area contributed by atoms with Crippen LogP contribution >= 0.6 is 31.9 Å². The summed E-state index contributed by atoms with van der Waals surface area (Å²) in [5.74, 6) is 1.48. The topological polar surface area (TPSA) is 38.7 Å². The summed E-state index contributed by atoms with van der Waals surface area (Å²) in [5, 5.41) is 9.91. The molecule has 0 heterocycles.